The number of rotatable bonds is 7. The number of benzene rings is 2. The van der Waals surface area contributed by atoms with Gasteiger partial charge in [0.25, 0.3) is 5.76 Å². The fraction of sp³-hybridized carbons (Fsp3) is 0.118. The lowest BCUT2D eigenvalue weighted by molar-refractivity contribution is -0.113. The number of alkyl halides is 2. The topological polar surface area (TPSA) is 85.8 Å². The fourth-order valence-corrected chi connectivity index (χ4v) is 3.50. The predicted molar refractivity (Wildman–Crippen MR) is 108 cm³/mol. The maximum Gasteiger partial charge on any atom is 0.288 e. The van der Waals surface area contributed by atoms with E-state index in [1.807, 2.05) is 0 Å². The Morgan fingerprint density at radius 2 is 1.82 bits per heavy atom. The zero-order chi connectivity index (χ0) is 20.1. The Bertz CT molecular complexity index is 951. The van der Waals surface area contributed by atoms with Gasteiger partial charge in [-0.15, -0.1) is 10.2 Å². The number of nitrogens with one attached hydrogen (secondary N) is 1. The van der Waals surface area contributed by atoms with Crippen LogP contribution in [0, 0.1) is 0 Å². The number of nitrogens with two attached hydrogens (primary N) is 1. The summed E-state index contributed by atoms with van der Waals surface area (Å²) < 4.78 is 25.9. The van der Waals surface area contributed by atoms with Crippen molar-refractivity contribution >= 4 is 46.7 Å². The Morgan fingerprint density at radius 1 is 1.14 bits per heavy atom. The van der Waals surface area contributed by atoms with Crippen molar-refractivity contribution in [1.29, 1.82) is 0 Å². The number of nitrogen functional groups attached to an aromatic ring is 1. The number of hydrogen-bond acceptors (Lipinski definition) is 6. The summed E-state index contributed by atoms with van der Waals surface area (Å²) in [7, 11) is 0. The molecule has 3 N–H and O–H groups in total. The van der Waals surface area contributed by atoms with Gasteiger partial charge in [0.1, 0.15) is 0 Å². The van der Waals surface area contributed by atoms with Crippen molar-refractivity contribution in [2.24, 2.45) is 0 Å². The number of carbonyl (C=O) groups excluding carboxylic acids is 1. The molecule has 0 fully saturated rings. The van der Waals surface area contributed by atoms with Gasteiger partial charge in [-0.05, 0) is 48.5 Å². The number of amides is 1. The molecule has 0 spiro atoms. The van der Waals surface area contributed by atoms with Crippen molar-refractivity contribution in [2.45, 2.75) is 15.8 Å². The highest BCUT2D eigenvalue weighted by Crippen LogP contribution is 2.26. The number of anilines is 1. The lowest BCUT2D eigenvalue weighted by Crippen LogP contribution is -2.16. The summed E-state index contributed by atoms with van der Waals surface area (Å²) in [6.45, 7) is 0. The van der Waals surface area contributed by atoms with Gasteiger partial charge in [-0.25, -0.2) is 4.68 Å². The van der Waals surface area contributed by atoms with Crippen LogP contribution in [0.15, 0.2) is 58.6 Å². The monoisotopic (exact) mass is 441 g/mol. The molecule has 0 unspecified atom stereocenters. The summed E-state index contributed by atoms with van der Waals surface area (Å²) in [5.74, 6) is 3.76. The third-order valence-corrected chi connectivity index (χ3v) is 5.38. The van der Waals surface area contributed by atoms with Crippen LogP contribution in [0.3, 0.4) is 0 Å². The van der Waals surface area contributed by atoms with Crippen molar-refractivity contribution in [2.75, 3.05) is 16.9 Å². The van der Waals surface area contributed by atoms with E-state index in [0.717, 1.165) is 17.3 Å². The first-order valence-corrected chi connectivity index (χ1v) is 10.1. The van der Waals surface area contributed by atoms with Gasteiger partial charge >= 0.3 is 0 Å². The van der Waals surface area contributed by atoms with Crippen LogP contribution in [0.2, 0.25) is 5.02 Å². The maximum atomic E-state index is 12.3. The van der Waals surface area contributed by atoms with Gasteiger partial charge in [0.2, 0.25) is 11.1 Å². The van der Waals surface area contributed by atoms with Gasteiger partial charge in [0.15, 0.2) is 5.82 Å². The van der Waals surface area contributed by atoms with Crippen LogP contribution < -0.4 is 11.2 Å². The first-order valence-electron chi connectivity index (χ1n) is 7.86. The van der Waals surface area contributed by atoms with Gasteiger partial charge in [-0.1, -0.05) is 35.1 Å². The van der Waals surface area contributed by atoms with Crippen LogP contribution in [0.4, 0.5) is 14.5 Å². The summed E-state index contributed by atoms with van der Waals surface area (Å²) >= 11 is 7.44. The second-order valence-electron chi connectivity index (χ2n) is 5.42. The first-order chi connectivity index (χ1) is 13.4. The molecule has 28 heavy (non-hydrogen) atoms. The average Bonchev–Trinajstić information content (AvgIpc) is 3.02. The van der Waals surface area contributed by atoms with Crippen LogP contribution in [0.1, 0.15) is 0 Å². The third-order valence-electron chi connectivity index (χ3n) is 3.46. The number of nitrogens with zero attached hydrogens (tertiary/aromatic N) is 3. The number of hydrogen-bond donors (Lipinski definition) is 2. The number of aromatic nitrogens is 3. The largest absolute Gasteiger partial charge is 0.335 e. The molecule has 0 bridgehead atoms. The molecular formula is C17H14ClF2N5OS2. The SMILES string of the molecule is Nn1c(SCC(=O)Nc2ccc(SC(F)F)cc2)nnc1-c1ccc(Cl)cc1. The third kappa shape index (κ3) is 5.37. The van der Waals surface area contributed by atoms with Crippen LogP contribution in [-0.4, -0.2) is 32.3 Å². The van der Waals surface area contributed by atoms with Gasteiger partial charge in [-0.3, -0.25) is 4.79 Å². The van der Waals surface area contributed by atoms with Crippen molar-refractivity contribution in [1.82, 2.24) is 14.9 Å². The Kier molecular flexibility index (Phi) is 6.76. The Morgan fingerprint density at radius 3 is 2.46 bits per heavy atom. The fourth-order valence-electron chi connectivity index (χ4n) is 2.22. The maximum absolute atomic E-state index is 12.3. The van der Waals surface area contributed by atoms with E-state index in [1.54, 1.807) is 36.4 Å². The zero-order valence-electron chi connectivity index (χ0n) is 14.2. The van der Waals surface area contributed by atoms with Crippen LogP contribution >= 0.6 is 35.1 Å². The molecule has 3 rings (SSSR count). The molecule has 146 valence electrons. The minimum absolute atomic E-state index is 0.0590. The molecule has 0 radical (unpaired) electrons. The lowest BCUT2D eigenvalue weighted by atomic mass is 10.2. The minimum atomic E-state index is -2.48. The number of halogens is 3. The van der Waals surface area contributed by atoms with E-state index in [4.69, 9.17) is 17.4 Å². The minimum Gasteiger partial charge on any atom is -0.335 e. The molecule has 1 amide bonds. The molecule has 6 nitrogen and oxygen atoms in total. The molecule has 0 atom stereocenters. The molecule has 0 saturated heterocycles. The number of thioether (sulfide) groups is 2. The van der Waals surface area contributed by atoms with Crippen molar-refractivity contribution in [3.63, 3.8) is 0 Å². The molecule has 0 saturated carbocycles. The summed E-state index contributed by atoms with van der Waals surface area (Å²) in [6.07, 6.45) is 0. The highest BCUT2D eigenvalue weighted by Gasteiger charge is 2.14. The predicted octanol–water partition coefficient (Wildman–Crippen LogP) is 4.36. The van der Waals surface area contributed by atoms with Crippen LogP contribution in [-0.2, 0) is 4.79 Å². The van der Waals surface area contributed by atoms with E-state index in [0.29, 0.717) is 38.3 Å². The first kappa shape index (κ1) is 20.4. The molecule has 0 aliphatic rings. The molecule has 1 heterocycles. The van der Waals surface area contributed by atoms with E-state index in [1.165, 1.54) is 16.8 Å². The van der Waals surface area contributed by atoms with Crippen LogP contribution in [0.25, 0.3) is 11.4 Å². The quantitative estimate of drug-likeness (QED) is 0.418. The summed E-state index contributed by atoms with van der Waals surface area (Å²) in [6, 6.07) is 13.2. The second kappa shape index (κ2) is 9.26. The summed E-state index contributed by atoms with van der Waals surface area (Å²) in [5.41, 5.74) is 1.26. The smallest absolute Gasteiger partial charge is 0.288 e. The van der Waals surface area contributed by atoms with Crippen molar-refractivity contribution in [3.05, 3.63) is 53.6 Å². The van der Waals surface area contributed by atoms with E-state index in [2.05, 4.69) is 15.5 Å². The van der Waals surface area contributed by atoms with E-state index in [-0.39, 0.29) is 11.7 Å². The van der Waals surface area contributed by atoms with E-state index >= 15 is 0 Å². The Hall–Kier alpha value is -2.30. The molecule has 11 heteroatoms. The average molecular weight is 442 g/mol. The van der Waals surface area contributed by atoms with E-state index < -0.39 is 5.76 Å². The molecule has 3 aromatic rings. The summed E-state index contributed by atoms with van der Waals surface area (Å²) in [5, 5.41) is 11.7. The highest BCUT2D eigenvalue weighted by molar-refractivity contribution is 8.00. The van der Waals surface area contributed by atoms with Gasteiger partial charge in [0, 0.05) is 21.2 Å². The Balaban J connectivity index is 1.57. The van der Waals surface area contributed by atoms with Crippen LogP contribution in [0.5, 0.6) is 0 Å². The second-order valence-corrected chi connectivity index (χ2v) is 7.87. The standard InChI is InChI=1S/C17H14ClF2N5OS2/c18-11-3-1-10(2-4-11)15-23-24-17(25(15)21)27-9-14(26)22-12-5-7-13(8-6-12)28-16(19)20/h1-8,16H,9,21H2,(H,22,26). The number of carbonyl (C=O) groups is 1. The molecule has 0 aliphatic heterocycles. The van der Waals surface area contributed by atoms with Gasteiger partial charge in [-0.2, -0.15) is 8.78 Å². The van der Waals surface area contributed by atoms with E-state index in [9.17, 15) is 13.6 Å². The Labute approximate surface area is 172 Å². The molecular weight excluding hydrogens is 428 g/mol. The normalized spacial score (nSPS) is 11.0. The highest BCUT2D eigenvalue weighted by atomic mass is 35.5. The van der Waals surface area contributed by atoms with Gasteiger partial charge in [0.05, 0.1) is 5.75 Å². The molecule has 1 aromatic heterocycles. The summed E-state index contributed by atoms with van der Waals surface area (Å²) in [4.78, 5) is 12.5. The zero-order valence-corrected chi connectivity index (χ0v) is 16.6. The van der Waals surface area contributed by atoms with Crippen molar-refractivity contribution < 1.29 is 13.6 Å². The lowest BCUT2D eigenvalue weighted by Gasteiger charge is -2.07. The molecule has 2 aromatic carbocycles. The molecule has 0 aliphatic carbocycles. The van der Waals surface area contributed by atoms with Crippen molar-refractivity contribution in [3.8, 4) is 11.4 Å². The van der Waals surface area contributed by atoms with Gasteiger partial charge < -0.3 is 11.2 Å².